The first-order valence-corrected chi connectivity index (χ1v) is 17.3. The molecule has 0 radical (unpaired) electrons. The van der Waals surface area contributed by atoms with E-state index in [1.54, 1.807) is 36.0 Å². The van der Waals surface area contributed by atoms with Crippen molar-refractivity contribution in [1.82, 2.24) is 14.1 Å². The largest absolute Gasteiger partial charge is 0.345 e. The van der Waals surface area contributed by atoms with E-state index in [0.29, 0.717) is 54.0 Å². The first-order valence-electron chi connectivity index (χ1n) is 14.7. The van der Waals surface area contributed by atoms with Crippen LogP contribution in [0.25, 0.3) is 0 Å². The van der Waals surface area contributed by atoms with Crippen LogP contribution >= 0.6 is 35.6 Å². The quantitative estimate of drug-likeness (QED) is 0.335. The van der Waals surface area contributed by atoms with Crippen LogP contribution in [0.5, 0.6) is 0 Å². The molecule has 2 aliphatic rings. The summed E-state index contributed by atoms with van der Waals surface area (Å²) < 4.78 is 25.3. The summed E-state index contributed by atoms with van der Waals surface area (Å²) >= 11 is 12.5. The number of carbonyl (C=O) groups is 2. The Morgan fingerprint density at radius 3 is 2.09 bits per heavy atom. The summed E-state index contributed by atoms with van der Waals surface area (Å²) in [6.45, 7) is 4.21. The van der Waals surface area contributed by atoms with E-state index in [-0.39, 0.29) is 30.1 Å². The molecule has 2 aliphatic heterocycles. The number of hydrogen-bond donors (Lipinski definition) is 0. The number of sulfonamides is 1. The molecule has 238 valence electrons. The smallest absolute Gasteiger partial charge is 0.253 e. The topological polar surface area (TPSA) is 81.2 Å². The van der Waals surface area contributed by atoms with Crippen LogP contribution < -0.4 is 4.90 Å². The molecule has 2 saturated heterocycles. The lowest BCUT2D eigenvalue weighted by Crippen LogP contribution is -2.45. The second-order valence-corrected chi connectivity index (χ2v) is 14.6. The maximum atomic E-state index is 13.7. The van der Waals surface area contributed by atoms with Crippen molar-refractivity contribution < 1.29 is 18.0 Å². The van der Waals surface area contributed by atoms with Crippen molar-refractivity contribution in [3.8, 4) is 0 Å². The summed E-state index contributed by atoms with van der Waals surface area (Å²) in [6, 6.07) is 13.3. The van der Waals surface area contributed by atoms with Gasteiger partial charge < -0.3 is 14.7 Å². The molecule has 2 aromatic rings. The van der Waals surface area contributed by atoms with Crippen molar-refractivity contribution >= 4 is 63.1 Å². The monoisotopic (exact) mass is 672 g/mol. The number of nitrogens with zero attached hydrogens (tertiary/aromatic N) is 4. The summed E-state index contributed by atoms with van der Waals surface area (Å²) in [7, 11) is 0.270. The Morgan fingerprint density at radius 1 is 0.907 bits per heavy atom. The number of halogens is 3. The van der Waals surface area contributed by atoms with Crippen LogP contribution in [0.3, 0.4) is 0 Å². The van der Waals surface area contributed by atoms with Crippen molar-refractivity contribution in [3.05, 3.63) is 63.6 Å². The van der Waals surface area contributed by atoms with Gasteiger partial charge in [-0.05, 0) is 100.0 Å². The van der Waals surface area contributed by atoms with Crippen LogP contribution in [0.2, 0.25) is 10.0 Å². The van der Waals surface area contributed by atoms with Gasteiger partial charge in [-0.3, -0.25) is 9.59 Å². The number of amides is 2. The second kappa shape index (κ2) is 15.9. The number of likely N-dealkylation sites (tertiary alicyclic amines) is 1. The lowest BCUT2D eigenvalue weighted by molar-refractivity contribution is -0.123. The van der Waals surface area contributed by atoms with Gasteiger partial charge in [-0.2, -0.15) is 0 Å². The maximum absolute atomic E-state index is 13.7. The Bertz CT molecular complexity index is 1340. The molecule has 2 aromatic carbocycles. The molecule has 0 bridgehead atoms. The summed E-state index contributed by atoms with van der Waals surface area (Å²) in [4.78, 5) is 31.7. The van der Waals surface area contributed by atoms with Crippen molar-refractivity contribution in [2.24, 2.45) is 11.8 Å². The third kappa shape index (κ3) is 9.80. The fourth-order valence-corrected chi connectivity index (χ4v) is 7.08. The molecule has 2 fully saturated rings. The molecule has 0 N–H and O–H groups in total. The molecule has 4 rings (SSSR count). The molecule has 0 spiro atoms. The molecule has 43 heavy (non-hydrogen) atoms. The van der Waals surface area contributed by atoms with Crippen LogP contribution in [0.1, 0.15) is 48.0 Å². The van der Waals surface area contributed by atoms with Crippen molar-refractivity contribution in [1.29, 1.82) is 0 Å². The molecule has 0 unspecified atom stereocenters. The number of piperidine rings is 2. The van der Waals surface area contributed by atoms with Gasteiger partial charge in [-0.1, -0.05) is 35.3 Å². The van der Waals surface area contributed by atoms with Crippen molar-refractivity contribution in [3.63, 3.8) is 0 Å². The number of anilines is 1. The molecule has 0 aliphatic carbocycles. The average molecular weight is 674 g/mol. The van der Waals surface area contributed by atoms with Crippen molar-refractivity contribution in [2.75, 3.05) is 64.5 Å². The number of benzene rings is 2. The lowest BCUT2D eigenvalue weighted by Gasteiger charge is -2.35. The van der Waals surface area contributed by atoms with Crippen LogP contribution in [-0.4, -0.2) is 94.0 Å². The van der Waals surface area contributed by atoms with Gasteiger partial charge >= 0.3 is 0 Å². The molecule has 12 heteroatoms. The Labute approximate surface area is 272 Å². The van der Waals surface area contributed by atoms with E-state index in [1.165, 1.54) is 16.1 Å². The van der Waals surface area contributed by atoms with E-state index in [2.05, 4.69) is 17.0 Å². The predicted molar refractivity (Wildman–Crippen MR) is 177 cm³/mol. The molecular weight excluding hydrogens is 631 g/mol. The molecule has 0 atom stereocenters. The zero-order valence-corrected chi connectivity index (χ0v) is 28.3. The first-order chi connectivity index (χ1) is 19.9. The standard InChI is InChI=1S/C31H42Cl2N4O4S.ClH/c1-34(2)30(38)25-7-5-23(6-8-25)21-24-11-17-35(18-12-24)15-4-16-37(27-9-10-28(32)29(33)22-27)31(39)26-13-19-36(20-14-26)42(3,40)41;/h5-10,22,24,26H,4,11-21H2,1-3H3;1H. The van der Waals surface area contributed by atoms with Crippen LogP contribution in [0, 0.1) is 11.8 Å². The van der Waals surface area contributed by atoms with Gasteiger partial charge in [0.15, 0.2) is 0 Å². The van der Waals surface area contributed by atoms with E-state index in [0.717, 1.165) is 51.0 Å². The fourth-order valence-electron chi connectivity index (χ4n) is 5.92. The molecule has 2 amide bonds. The minimum absolute atomic E-state index is 0. The number of hydrogen-bond acceptors (Lipinski definition) is 5. The van der Waals surface area contributed by atoms with Gasteiger partial charge in [0.05, 0.1) is 16.3 Å². The highest BCUT2D eigenvalue weighted by Gasteiger charge is 2.32. The van der Waals surface area contributed by atoms with Crippen LogP contribution in [0.15, 0.2) is 42.5 Å². The summed E-state index contributed by atoms with van der Waals surface area (Å²) in [5, 5.41) is 0.843. The third-order valence-electron chi connectivity index (χ3n) is 8.45. The number of rotatable bonds is 10. The lowest BCUT2D eigenvalue weighted by atomic mass is 9.90. The Morgan fingerprint density at radius 2 is 1.53 bits per heavy atom. The maximum Gasteiger partial charge on any atom is 0.253 e. The van der Waals surface area contributed by atoms with Gasteiger partial charge in [-0.15, -0.1) is 12.4 Å². The number of carbonyl (C=O) groups excluding carboxylic acids is 2. The van der Waals surface area contributed by atoms with Crippen LogP contribution in [0.4, 0.5) is 5.69 Å². The second-order valence-electron chi connectivity index (χ2n) is 11.8. The normalized spacial score (nSPS) is 17.3. The van der Waals surface area contributed by atoms with Gasteiger partial charge in [0.2, 0.25) is 15.9 Å². The Balaban J connectivity index is 0.00000506. The van der Waals surface area contributed by atoms with Gasteiger partial charge in [-0.25, -0.2) is 12.7 Å². The molecule has 0 aromatic heterocycles. The van der Waals surface area contributed by atoms with E-state index < -0.39 is 10.0 Å². The minimum atomic E-state index is -3.26. The molecule has 2 heterocycles. The van der Waals surface area contributed by atoms with Gasteiger partial charge in [0, 0.05) is 50.9 Å². The van der Waals surface area contributed by atoms with Gasteiger partial charge in [0.25, 0.3) is 5.91 Å². The minimum Gasteiger partial charge on any atom is -0.345 e. The highest BCUT2D eigenvalue weighted by molar-refractivity contribution is 7.88. The summed E-state index contributed by atoms with van der Waals surface area (Å²) in [6.07, 6.45) is 6.30. The molecule has 0 saturated carbocycles. The SMILES string of the molecule is CN(C)C(=O)c1ccc(CC2CCN(CCCN(C(=O)C3CCN(S(C)(=O)=O)CC3)c3ccc(Cl)c(Cl)c3)CC2)cc1.Cl. The van der Waals surface area contributed by atoms with E-state index in [9.17, 15) is 18.0 Å². The third-order valence-corrected chi connectivity index (χ3v) is 10.5. The van der Waals surface area contributed by atoms with E-state index in [1.807, 2.05) is 18.2 Å². The Kier molecular flexibility index (Phi) is 13.2. The average Bonchev–Trinajstić information content (AvgIpc) is 2.97. The zero-order valence-electron chi connectivity index (χ0n) is 25.2. The van der Waals surface area contributed by atoms with E-state index >= 15 is 0 Å². The van der Waals surface area contributed by atoms with Crippen molar-refractivity contribution in [2.45, 2.75) is 38.5 Å². The van der Waals surface area contributed by atoms with Gasteiger partial charge in [0.1, 0.15) is 0 Å². The predicted octanol–water partition coefficient (Wildman–Crippen LogP) is 5.47. The zero-order chi connectivity index (χ0) is 30.4. The fraction of sp³-hybridized carbons (Fsp3) is 0.548. The van der Waals surface area contributed by atoms with Crippen LogP contribution in [-0.2, 0) is 21.2 Å². The molecule has 8 nitrogen and oxygen atoms in total. The molecular formula is C31H43Cl3N4O4S. The summed E-state index contributed by atoms with van der Waals surface area (Å²) in [5.41, 5.74) is 2.70. The van der Waals surface area contributed by atoms with E-state index in [4.69, 9.17) is 23.2 Å². The summed E-state index contributed by atoms with van der Waals surface area (Å²) in [5.74, 6) is 0.414. The first kappa shape index (κ1) is 35.6. The highest BCUT2D eigenvalue weighted by Crippen LogP contribution is 2.30. The highest BCUT2D eigenvalue weighted by atomic mass is 35.5. The Hall–Kier alpha value is -1.88.